The van der Waals surface area contributed by atoms with Crippen molar-refractivity contribution >= 4 is 0 Å². The first-order chi connectivity index (χ1) is 9.24. The zero-order chi connectivity index (χ0) is 13.2. The Morgan fingerprint density at radius 3 is 2.79 bits per heavy atom. The summed E-state index contributed by atoms with van der Waals surface area (Å²) in [7, 11) is 0. The second kappa shape index (κ2) is 4.93. The third-order valence-electron chi connectivity index (χ3n) is 2.85. The molecule has 1 aromatic heterocycles. The number of halogens is 2. The molecule has 0 amide bonds. The smallest absolute Gasteiger partial charge is 0.167 e. The first-order valence-corrected chi connectivity index (χ1v) is 5.80. The zero-order valence-electron chi connectivity index (χ0n) is 9.92. The molecule has 1 aliphatic rings. The van der Waals surface area contributed by atoms with Gasteiger partial charge in [0.1, 0.15) is 5.69 Å². The van der Waals surface area contributed by atoms with Gasteiger partial charge in [-0.25, -0.2) is 13.5 Å². The maximum Gasteiger partial charge on any atom is 0.167 e. The average Bonchev–Trinajstić information content (AvgIpc) is 2.84. The standard InChI is InChI=1S/C12H11F2N3O2/c13-9-4-12(19-7-8-5-18-6-8)10(14)3-11(9)17-2-1-15-16-17/h1-4,8H,5-7H2. The minimum absolute atomic E-state index is 0.00525. The van der Waals surface area contributed by atoms with E-state index >= 15 is 0 Å². The highest BCUT2D eigenvalue weighted by molar-refractivity contribution is 5.39. The van der Waals surface area contributed by atoms with Crippen LogP contribution >= 0.6 is 0 Å². The topological polar surface area (TPSA) is 49.2 Å². The van der Waals surface area contributed by atoms with E-state index in [1.165, 1.54) is 12.4 Å². The highest BCUT2D eigenvalue weighted by Crippen LogP contribution is 2.24. The van der Waals surface area contributed by atoms with Crippen LogP contribution < -0.4 is 4.74 Å². The summed E-state index contributed by atoms with van der Waals surface area (Å²) in [5.41, 5.74) is -0.00525. The molecule has 0 aliphatic carbocycles. The van der Waals surface area contributed by atoms with E-state index in [1.54, 1.807) is 0 Å². The normalized spacial score (nSPS) is 15.3. The minimum atomic E-state index is -0.632. The van der Waals surface area contributed by atoms with Crippen LogP contribution in [0.15, 0.2) is 24.5 Å². The van der Waals surface area contributed by atoms with Gasteiger partial charge in [-0.15, -0.1) is 5.10 Å². The molecule has 5 nitrogen and oxygen atoms in total. The van der Waals surface area contributed by atoms with Crippen molar-refractivity contribution in [3.05, 3.63) is 36.2 Å². The summed E-state index contributed by atoms with van der Waals surface area (Å²) in [6.45, 7) is 1.52. The molecule has 0 radical (unpaired) electrons. The SMILES string of the molecule is Fc1cc(-n2ccnn2)c(F)cc1OCC1COC1. The molecule has 0 unspecified atom stereocenters. The number of hydrogen-bond acceptors (Lipinski definition) is 4. The number of benzene rings is 1. The van der Waals surface area contributed by atoms with E-state index in [9.17, 15) is 8.78 Å². The van der Waals surface area contributed by atoms with Gasteiger partial charge in [0.15, 0.2) is 17.4 Å². The molecule has 0 bridgehead atoms. The molecule has 7 heteroatoms. The van der Waals surface area contributed by atoms with Crippen LogP contribution in [0, 0.1) is 17.6 Å². The summed E-state index contributed by atoms with van der Waals surface area (Å²) in [4.78, 5) is 0. The van der Waals surface area contributed by atoms with Crippen LogP contribution in [-0.2, 0) is 4.74 Å². The predicted molar refractivity (Wildman–Crippen MR) is 61.1 cm³/mol. The second-order valence-corrected chi connectivity index (χ2v) is 4.30. The van der Waals surface area contributed by atoms with Gasteiger partial charge in [0, 0.05) is 18.1 Å². The fourth-order valence-corrected chi connectivity index (χ4v) is 1.73. The minimum Gasteiger partial charge on any atom is -0.490 e. The molecule has 0 atom stereocenters. The van der Waals surface area contributed by atoms with Gasteiger partial charge in [-0.1, -0.05) is 5.21 Å². The molecule has 0 spiro atoms. The summed E-state index contributed by atoms with van der Waals surface area (Å²) in [5, 5.41) is 7.17. The van der Waals surface area contributed by atoms with Gasteiger partial charge < -0.3 is 9.47 Å². The molecule has 3 rings (SSSR count). The van der Waals surface area contributed by atoms with Gasteiger partial charge in [-0.3, -0.25) is 0 Å². The van der Waals surface area contributed by atoms with Gasteiger partial charge in [0.05, 0.1) is 32.2 Å². The molecular weight excluding hydrogens is 256 g/mol. The molecule has 1 fully saturated rings. The van der Waals surface area contributed by atoms with Crippen LogP contribution in [0.25, 0.3) is 5.69 Å². The molecule has 100 valence electrons. The van der Waals surface area contributed by atoms with Gasteiger partial charge in [0.25, 0.3) is 0 Å². The summed E-state index contributed by atoms with van der Waals surface area (Å²) in [6.07, 6.45) is 2.82. The van der Waals surface area contributed by atoms with Crippen LogP contribution in [-0.4, -0.2) is 34.8 Å². The third kappa shape index (κ3) is 2.41. The van der Waals surface area contributed by atoms with E-state index in [0.29, 0.717) is 19.8 Å². The van der Waals surface area contributed by atoms with Crippen LogP contribution in [0.2, 0.25) is 0 Å². The monoisotopic (exact) mass is 267 g/mol. The van der Waals surface area contributed by atoms with Crippen LogP contribution in [0.3, 0.4) is 0 Å². The Kier molecular flexibility index (Phi) is 3.12. The summed E-state index contributed by atoms with van der Waals surface area (Å²) in [5.74, 6) is -1.11. The van der Waals surface area contributed by atoms with Gasteiger partial charge >= 0.3 is 0 Å². The van der Waals surface area contributed by atoms with Crippen LogP contribution in [0.1, 0.15) is 0 Å². The lowest BCUT2D eigenvalue weighted by atomic mass is 10.1. The van der Waals surface area contributed by atoms with E-state index < -0.39 is 11.6 Å². The molecule has 1 saturated heterocycles. The molecule has 2 aromatic rings. The van der Waals surface area contributed by atoms with Crippen molar-refractivity contribution in [3.63, 3.8) is 0 Å². The zero-order valence-corrected chi connectivity index (χ0v) is 9.92. The van der Waals surface area contributed by atoms with Crippen LogP contribution in [0.4, 0.5) is 8.78 Å². The van der Waals surface area contributed by atoms with Crippen molar-refractivity contribution in [2.45, 2.75) is 0 Å². The van der Waals surface area contributed by atoms with Crippen molar-refractivity contribution in [1.29, 1.82) is 0 Å². The largest absolute Gasteiger partial charge is 0.490 e. The number of rotatable bonds is 4. The van der Waals surface area contributed by atoms with Crippen molar-refractivity contribution in [1.82, 2.24) is 15.0 Å². The molecule has 1 aliphatic heterocycles. The Hall–Kier alpha value is -2.02. The fourth-order valence-electron chi connectivity index (χ4n) is 1.73. The lowest BCUT2D eigenvalue weighted by molar-refractivity contribution is -0.0513. The third-order valence-corrected chi connectivity index (χ3v) is 2.85. The molecule has 19 heavy (non-hydrogen) atoms. The lowest BCUT2D eigenvalue weighted by Gasteiger charge is -2.25. The van der Waals surface area contributed by atoms with E-state index in [4.69, 9.17) is 9.47 Å². The first-order valence-electron chi connectivity index (χ1n) is 5.80. The van der Waals surface area contributed by atoms with Crippen molar-refractivity contribution in [2.75, 3.05) is 19.8 Å². The Morgan fingerprint density at radius 2 is 2.16 bits per heavy atom. The van der Waals surface area contributed by atoms with Crippen molar-refractivity contribution in [3.8, 4) is 11.4 Å². The first kappa shape index (κ1) is 12.0. The second-order valence-electron chi connectivity index (χ2n) is 4.30. The lowest BCUT2D eigenvalue weighted by Crippen LogP contribution is -2.32. The summed E-state index contributed by atoms with van der Waals surface area (Å²) < 4.78 is 39.1. The van der Waals surface area contributed by atoms with E-state index in [0.717, 1.165) is 16.8 Å². The molecule has 0 saturated carbocycles. The van der Waals surface area contributed by atoms with Crippen LogP contribution in [0.5, 0.6) is 5.75 Å². The fraction of sp³-hybridized carbons (Fsp3) is 0.333. The average molecular weight is 267 g/mol. The Balaban J connectivity index is 1.80. The molecular formula is C12H11F2N3O2. The van der Waals surface area contributed by atoms with Crippen molar-refractivity contribution < 1.29 is 18.3 Å². The highest BCUT2D eigenvalue weighted by atomic mass is 19.1. The Labute approximate surface area is 107 Å². The number of hydrogen-bond donors (Lipinski definition) is 0. The van der Waals surface area contributed by atoms with E-state index in [-0.39, 0.29) is 17.4 Å². The van der Waals surface area contributed by atoms with Crippen molar-refractivity contribution in [2.24, 2.45) is 5.92 Å². The number of nitrogens with zero attached hydrogens (tertiary/aromatic N) is 3. The van der Waals surface area contributed by atoms with E-state index in [2.05, 4.69) is 10.3 Å². The molecule has 0 N–H and O–H groups in total. The van der Waals surface area contributed by atoms with Gasteiger partial charge in [-0.2, -0.15) is 0 Å². The molecule has 1 aromatic carbocycles. The Morgan fingerprint density at radius 1 is 1.32 bits per heavy atom. The van der Waals surface area contributed by atoms with E-state index in [1.807, 2.05) is 0 Å². The van der Waals surface area contributed by atoms with Gasteiger partial charge in [0.2, 0.25) is 0 Å². The molecule has 2 heterocycles. The maximum atomic E-state index is 13.9. The summed E-state index contributed by atoms with van der Waals surface area (Å²) >= 11 is 0. The Bertz CT molecular complexity index is 571. The van der Waals surface area contributed by atoms with Gasteiger partial charge in [-0.05, 0) is 0 Å². The quantitative estimate of drug-likeness (QED) is 0.843. The number of aromatic nitrogens is 3. The maximum absolute atomic E-state index is 13.9. The predicted octanol–water partition coefficient (Wildman–Crippen LogP) is 1.57. The summed E-state index contributed by atoms with van der Waals surface area (Å²) in [6, 6.07) is 2.06. The number of ether oxygens (including phenoxy) is 2. The highest BCUT2D eigenvalue weighted by Gasteiger charge is 2.20.